The first-order valence-corrected chi connectivity index (χ1v) is 27.5. The fourth-order valence-electron chi connectivity index (χ4n) is 6.79. The minimum atomic E-state index is -0.921. The number of aryl methyl sites for hydroxylation is 4. The van der Waals surface area contributed by atoms with E-state index in [0.717, 1.165) is 62.0 Å². The van der Waals surface area contributed by atoms with E-state index in [-0.39, 0.29) is 17.1 Å². The second-order valence-electron chi connectivity index (χ2n) is 16.3. The third-order valence-corrected chi connectivity index (χ3v) is 21.1. The zero-order valence-corrected chi connectivity index (χ0v) is 42.0. The maximum Gasteiger partial charge on any atom is 2.00 e. The summed E-state index contributed by atoms with van der Waals surface area (Å²) in [5.74, 6) is 0.331. The summed E-state index contributed by atoms with van der Waals surface area (Å²) in [6.45, 7) is 34.9. The Morgan fingerprint density at radius 2 is 0.932 bits per heavy atom. The van der Waals surface area contributed by atoms with Crippen molar-refractivity contribution < 1.29 is 17.1 Å². The number of hydrogen-bond donors (Lipinski definition) is 0. The molecular formula is C52H70ClFeN3Si2. The molecule has 5 rings (SSSR count). The van der Waals surface area contributed by atoms with Crippen LogP contribution in [0.3, 0.4) is 0 Å². The van der Waals surface area contributed by atoms with Gasteiger partial charge in [-0.25, -0.2) is 15.0 Å². The molecule has 0 saturated heterocycles. The average molecular weight is 885 g/mol. The summed E-state index contributed by atoms with van der Waals surface area (Å²) in [7, 11) is -1.84. The standard InChI is InChI=1S/C38H36ClN3.2C7H17Si.Fe/c1-24(2)31-22-25(3)20-27(5)35(31)41-37(29-14-9-7-10-15-29)33-18-13-19-34(40-33)38(30-16-11-8-12-17-30)42-36-28(6)21-26(4)23-32(36)39;2*1-5-8(4,6-2)7-3;/h7-24H,1-6H3;2*4-7H2,1-3H3;/q;2*-1;+2. The SMILES string of the molecule is Cc1cc(C)c(N=C(c2ccccc2)c2cccc(C(=Nc3c(C)cc(C)cc3C(C)C)c3ccccc3)n2)c(Cl)c1.[CH2-][Si](CC)(CC)CC.[CH2-][Si](CC)(CC)CC.[Fe+2]. The van der Waals surface area contributed by atoms with Gasteiger partial charge in [-0.2, -0.15) is 0 Å². The second kappa shape index (κ2) is 24.8. The predicted octanol–water partition coefficient (Wildman–Crippen LogP) is 16.2. The van der Waals surface area contributed by atoms with Crippen molar-refractivity contribution in [1.29, 1.82) is 0 Å². The second-order valence-corrected chi connectivity index (χ2v) is 26.9. The molecule has 7 heteroatoms. The molecule has 0 bridgehead atoms. The molecule has 0 aliphatic carbocycles. The van der Waals surface area contributed by atoms with Gasteiger partial charge >= 0.3 is 17.1 Å². The van der Waals surface area contributed by atoms with Gasteiger partial charge < -0.3 is 13.1 Å². The smallest absolute Gasteiger partial charge is 0.342 e. The van der Waals surface area contributed by atoms with Crippen molar-refractivity contribution in [3.8, 4) is 0 Å². The summed E-state index contributed by atoms with van der Waals surface area (Å²) in [5, 5.41) is 0.625. The summed E-state index contributed by atoms with van der Waals surface area (Å²) < 4.78 is 0. The molecule has 0 spiro atoms. The van der Waals surface area contributed by atoms with E-state index in [2.05, 4.69) is 125 Å². The third-order valence-electron chi connectivity index (χ3n) is 11.8. The number of pyridine rings is 1. The van der Waals surface area contributed by atoms with E-state index in [0.29, 0.717) is 10.9 Å². The van der Waals surface area contributed by atoms with E-state index in [1.54, 1.807) is 0 Å². The Balaban J connectivity index is 0.000000596. The van der Waals surface area contributed by atoms with Gasteiger partial charge in [0.05, 0.1) is 39.2 Å². The minimum absolute atomic E-state index is 0. The molecule has 59 heavy (non-hydrogen) atoms. The molecule has 0 radical (unpaired) electrons. The molecule has 0 aliphatic rings. The van der Waals surface area contributed by atoms with E-state index in [1.807, 2.05) is 74.5 Å². The molecule has 3 nitrogen and oxygen atoms in total. The van der Waals surface area contributed by atoms with Crippen LogP contribution in [0.15, 0.2) is 113 Å². The fourth-order valence-corrected chi connectivity index (χ4v) is 10.2. The van der Waals surface area contributed by atoms with Crippen LogP contribution in [0.1, 0.15) is 112 Å². The molecule has 0 saturated carbocycles. The van der Waals surface area contributed by atoms with Crippen LogP contribution in [-0.4, -0.2) is 32.6 Å². The molecule has 0 fully saturated rings. The van der Waals surface area contributed by atoms with Crippen LogP contribution < -0.4 is 0 Å². The van der Waals surface area contributed by atoms with Crippen LogP contribution in [-0.2, 0) is 17.1 Å². The van der Waals surface area contributed by atoms with Crippen molar-refractivity contribution in [2.24, 2.45) is 9.98 Å². The van der Waals surface area contributed by atoms with Crippen molar-refractivity contribution in [2.45, 2.75) is 125 Å². The Morgan fingerprint density at radius 3 is 1.29 bits per heavy atom. The maximum absolute atomic E-state index is 6.73. The molecule has 0 N–H and O–H groups in total. The number of aliphatic imine (C=N–C) groups is 2. The van der Waals surface area contributed by atoms with Crippen molar-refractivity contribution in [1.82, 2.24) is 4.98 Å². The number of hydrogen-bond acceptors (Lipinski definition) is 3. The van der Waals surface area contributed by atoms with Crippen LogP contribution in [0, 0.1) is 40.8 Å². The third kappa shape index (κ3) is 14.9. The normalized spacial score (nSPS) is 11.9. The van der Waals surface area contributed by atoms with E-state index >= 15 is 0 Å². The van der Waals surface area contributed by atoms with Crippen molar-refractivity contribution in [3.63, 3.8) is 0 Å². The first-order chi connectivity index (χ1) is 27.6. The fraction of sp³-hybridized carbons (Fsp3) is 0.365. The van der Waals surface area contributed by atoms with Crippen molar-refractivity contribution >= 4 is 50.5 Å². The zero-order chi connectivity index (χ0) is 43.0. The summed E-state index contributed by atoms with van der Waals surface area (Å²) in [5.41, 5.74) is 12.6. The number of rotatable bonds is 13. The molecule has 0 atom stereocenters. The van der Waals surface area contributed by atoms with E-state index in [4.69, 9.17) is 26.6 Å². The molecule has 0 unspecified atom stereocenters. The number of halogens is 1. The summed E-state index contributed by atoms with van der Waals surface area (Å²) in [6, 6.07) is 43.1. The molecular weight excluding hydrogens is 814 g/mol. The van der Waals surface area contributed by atoms with Crippen LogP contribution in [0.5, 0.6) is 0 Å². The molecule has 1 aromatic heterocycles. The first kappa shape index (κ1) is 51.8. The van der Waals surface area contributed by atoms with Gasteiger partial charge in [0.2, 0.25) is 0 Å². The quantitative estimate of drug-likeness (QED) is 0.0659. The first-order valence-electron chi connectivity index (χ1n) is 21.4. The summed E-state index contributed by atoms with van der Waals surface area (Å²) >= 11 is 6.73. The summed E-state index contributed by atoms with van der Waals surface area (Å²) in [6.07, 6.45) is 0. The minimum Gasteiger partial charge on any atom is -0.342 e. The van der Waals surface area contributed by atoms with Gasteiger partial charge in [0.25, 0.3) is 0 Å². The Morgan fingerprint density at radius 1 is 0.559 bits per heavy atom. The van der Waals surface area contributed by atoms with Crippen LogP contribution >= 0.6 is 11.6 Å². The van der Waals surface area contributed by atoms with Crippen LogP contribution in [0.25, 0.3) is 0 Å². The Hall–Kier alpha value is -3.39. The number of nitrogens with zero attached hydrogens (tertiary/aromatic N) is 3. The van der Waals surface area contributed by atoms with E-state index < -0.39 is 16.1 Å². The van der Waals surface area contributed by atoms with Gasteiger partial charge in [-0.1, -0.05) is 210 Å². The van der Waals surface area contributed by atoms with Crippen LogP contribution in [0.2, 0.25) is 41.3 Å². The molecule has 0 amide bonds. The van der Waals surface area contributed by atoms with Gasteiger partial charge in [-0.15, -0.1) is 0 Å². The van der Waals surface area contributed by atoms with Gasteiger partial charge in [0, 0.05) is 11.1 Å². The Bertz CT molecular complexity index is 2050. The topological polar surface area (TPSA) is 37.6 Å². The molecule has 316 valence electrons. The number of benzene rings is 4. The van der Waals surface area contributed by atoms with Crippen molar-refractivity contribution in [3.05, 3.63) is 172 Å². The van der Waals surface area contributed by atoms with Crippen molar-refractivity contribution in [2.75, 3.05) is 0 Å². The molecule has 0 aliphatic heterocycles. The predicted molar refractivity (Wildman–Crippen MR) is 264 cm³/mol. The van der Waals surface area contributed by atoms with Gasteiger partial charge in [-0.05, 0) is 74.1 Å². The van der Waals surface area contributed by atoms with E-state index in [1.165, 1.54) is 47.4 Å². The number of aromatic nitrogens is 1. The average Bonchev–Trinajstić information content (AvgIpc) is 3.23. The molecule has 5 aromatic rings. The summed E-state index contributed by atoms with van der Waals surface area (Å²) in [4.78, 5) is 15.7. The van der Waals surface area contributed by atoms with Gasteiger partial charge in [0.1, 0.15) is 0 Å². The Kier molecular flexibility index (Phi) is 21.7. The van der Waals surface area contributed by atoms with Gasteiger partial charge in [0.15, 0.2) is 0 Å². The largest absolute Gasteiger partial charge is 2.00 e. The zero-order valence-electron chi connectivity index (χ0n) is 38.1. The molecule has 1 heterocycles. The Labute approximate surface area is 377 Å². The molecule has 4 aromatic carbocycles. The van der Waals surface area contributed by atoms with Crippen LogP contribution in [0.4, 0.5) is 11.4 Å². The monoisotopic (exact) mass is 883 g/mol. The maximum atomic E-state index is 6.73. The van der Waals surface area contributed by atoms with Gasteiger partial charge in [-0.3, -0.25) is 0 Å². The van der Waals surface area contributed by atoms with E-state index in [9.17, 15) is 0 Å².